The van der Waals surface area contributed by atoms with Gasteiger partial charge in [0.2, 0.25) is 0 Å². The summed E-state index contributed by atoms with van der Waals surface area (Å²) in [6.07, 6.45) is 1.46. The summed E-state index contributed by atoms with van der Waals surface area (Å²) in [5.41, 5.74) is 4.13. The van der Waals surface area contributed by atoms with Crippen molar-refractivity contribution < 1.29 is 13.6 Å². The third kappa shape index (κ3) is 2.97. The fraction of sp³-hybridized carbons (Fsp3) is 0.462. The van der Waals surface area contributed by atoms with Crippen molar-refractivity contribution in [2.45, 2.75) is 39.2 Å². The van der Waals surface area contributed by atoms with Gasteiger partial charge in [0, 0.05) is 11.1 Å². The van der Waals surface area contributed by atoms with Gasteiger partial charge in [-0.3, -0.25) is 4.79 Å². The molecule has 0 radical (unpaired) electrons. The molecule has 0 spiro atoms. The zero-order valence-electron chi connectivity index (χ0n) is 10.8. The van der Waals surface area contributed by atoms with E-state index in [9.17, 15) is 13.6 Å². The molecule has 1 amide bonds. The maximum Gasteiger partial charge on any atom is 0.251 e. The van der Waals surface area contributed by atoms with Crippen molar-refractivity contribution in [3.05, 3.63) is 29.3 Å². The summed E-state index contributed by atoms with van der Waals surface area (Å²) in [6, 6.07) is 1.89. The highest BCUT2D eigenvalue weighted by molar-refractivity contribution is 5.95. The maximum atomic E-state index is 13.3. The van der Waals surface area contributed by atoms with Gasteiger partial charge in [0.25, 0.3) is 5.91 Å². The molecule has 0 saturated carbocycles. The van der Waals surface area contributed by atoms with Crippen LogP contribution < -0.4 is 11.1 Å². The monoisotopic (exact) mass is 256 g/mol. The first-order valence-corrected chi connectivity index (χ1v) is 5.90. The van der Waals surface area contributed by atoms with E-state index in [0.29, 0.717) is 0 Å². The number of carbonyl (C=O) groups is 1. The number of halogens is 2. The zero-order valence-corrected chi connectivity index (χ0v) is 10.8. The van der Waals surface area contributed by atoms with E-state index in [0.717, 1.165) is 25.0 Å². The number of rotatable bonds is 4. The first kappa shape index (κ1) is 14.4. The molecule has 0 aliphatic heterocycles. The molecule has 100 valence electrons. The minimum Gasteiger partial charge on any atom is -0.394 e. The number of nitrogens with one attached hydrogen (secondary N) is 1. The van der Waals surface area contributed by atoms with Gasteiger partial charge in [-0.2, -0.15) is 0 Å². The van der Waals surface area contributed by atoms with E-state index in [-0.39, 0.29) is 11.1 Å². The molecule has 0 aliphatic rings. The molecule has 0 atom stereocenters. The summed E-state index contributed by atoms with van der Waals surface area (Å²) in [5.74, 6) is -2.34. The smallest absolute Gasteiger partial charge is 0.251 e. The molecule has 0 heterocycles. The Kier molecular flexibility index (Phi) is 4.27. The molecule has 1 rings (SSSR count). The molecule has 0 fully saturated rings. The molecule has 0 bridgehead atoms. The number of anilines is 1. The molecule has 1 aromatic carbocycles. The third-order valence-electron chi connectivity index (χ3n) is 3.32. The summed E-state index contributed by atoms with van der Waals surface area (Å²) in [7, 11) is 0. The van der Waals surface area contributed by atoms with Gasteiger partial charge in [-0.05, 0) is 31.9 Å². The highest BCUT2D eigenvalue weighted by Crippen LogP contribution is 2.19. The van der Waals surface area contributed by atoms with Gasteiger partial charge in [0.15, 0.2) is 0 Å². The number of nitrogen functional groups attached to an aromatic ring is 1. The molecular formula is C13H18F2N2O. The van der Waals surface area contributed by atoms with Crippen LogP contribution in [0.3, 0.4) is 0 Å². The summed E-state index contributed by atoms with van der Waals surface area (Å²) < 4.78 is 26.5. The number of benzene rings is 1. The fourth-order valence-electron chi connectivity index (χ4n) is 1.49. The van der Waals surface area contributed by atoms with Gasteiger partial charge in [-0.25, -0.2) is 8.78 Å². The molecule has 3 N–H and O–H groups in total. The number of nitrogens with two attached hydrogens (primary N) is 1. The normalized spacial score (nSPS) is 11.4. The summed E-state index contributed by atoms with van der Waals surface area (Å²) in [4.78, 5) is 11.9. The molecule has 0 saturated heterocycles. The standard InChI is InChI=1S/C13H18F2N2O/c1-4-13(3,5-2)17-12(18)8-6-9(14)11(16)10(15)7-8/h6-7H,4-5,16H2,1-3H3,(H,17,18). The minimum absolute atomic E-state index is 0.0627. The Labute approximate surface area is 105 Å². The number of hydrogen-bond acceptors (Lipinski definition) is 2. The van der Waals surface area contributed by atoms with Crippen LogP contribution in [0.1, 0.15) is 44.0 Å². The summed E-state index contributed by atoms with van der Waals surface area (Å²) >= 11 is 0. The van der Waals surface area contributed by atoms with Gasteiger partial charge >= 0.3 is 0 Å². The predicted octanol–water partition coefficient (Wildman–Crippen LogP) is 2.86. The number of amides is 1. The highest BCUT2D eigenvalue weighted by Gasteiger charge is 2.23. The third-order valence-corrected chi connectivity index (χ3v) is 3.32. The van der Waals surface area contributed by atoms with Crippen LogP contribution in [0.15, 0.2) is 12.1 Å². The maximum absolute atomic E-state index is 13.3. The second kappa shape index (κ2) is 5.33. The Hall–Kier alpha value is -1.65. The highest BCUT2D eigenvalue weighted by atomic mass is 19.1. The zero-order chi connectivity index (χ0) is 13.9. The fourth-order valence-corrected chi connectivity index (χ4v) is 1.49. The second-order valence-corrected chi connectivity index (χ2v) is 4.58. The van der Waals surface area contributed by atoms with Crippen molar-refractivity contribution >= 4 is 11.6 Å². The van der Waals surface area contributed by atoms with Gasteiger partial charge in [0.05, 0.1) is 0 Å². The SMILES string of the molecule is CCC(C)(CC)NC(=O)c1cc(F)c(N)c(F)c1. The number of carbonyl (C=O) groups excluding carboxylic acids is 1. The molecule has 18 heavy (non-hydrogen) atoms. The van der Waals surface area contributed by atoms with Crippen molar-refractivity contribution in [1.82, 2.24) is 5.32 Å². The van der Waals surface area contributed by atoms with Crippen LogP contribution in [0, 0.1) is 11.6 Å². The lowest BCUT2D eigenvalue weighted by Crippen LogP contribution is -2.45. The second-order valence-electron chi connectivity index (χ2n) is 4.58. The topological polar surface area (TPSA) is 55.1 Å². The van der Waals surface area contributed by atoms with Crippen molar-refractivity contribution in [2.24, 2.45) is 0 Å². The average molecular weight is 256 g/mol. The van der Waals surface area contributed by atoms with Crippen LogP contribution in [-0.2, 0) is 0 Å². The molecule has 0 aromatic heterocycles. The molecule has 3 nitrogen and oxygen atoms in total. The molecule has 0 aliphatic carbocycles. The van der Waals surface area contributed by atoms with Crippen LogP contribution in [-0.4, -0.2) is 11.4 Å². The summed E-state index contributed by atoms with van der Waals surface area (Å²) in [6.45, 7) is 5.76. The number of hydrogen-bond donors (Lipinski definition) is 2. The average Bonchev–Trinajstić information content (AvgIpc) is 2.35. The largest absolute Gasteiger partial charge is 0.394 e. The van der Waals surface area contributed by atoms with Crippen LogP contribution in [0.5, 0.6) is 0 Å². The Morgan fingerprint density at radius 1 is 1.28 bits per heavy atom. The quantitative estimate of drug-likeness (QED) is 0.814. The van der Waals surface area contributed by atoms with Crippen molar-refractivity contribution in [3.8, 4) is 0 Å². The van der Waals surface area contributed by atoms with E-state index in [1.807, 2.05) is 20.8 Å². The lowest BCUT2D eigenvalue weighted by Gasteiger charge is -2.28. The van der Waals surface area contributed by atoms with Gasteiger partial charge in [-0.15, -0.1) is 0 Å². The Morgan fingerprint density at radius 2 is 1.72 bits per heavy atom. The molecule has 1 aromatic rings. The van der Waals surface area contributed by atoms with E-state index < -0.39 is 23.2 Å². The lowest BCUT2D eigenvalue weighted by molar-refractivity contribution is 0.0900. The van der Waals surface area contributed by atoms with E-state index in [4.69, 9.17) is 5.73 Å². The van der Waals surface area contributed by atoms with Crippen molar-refractivity contribution in [1.29, 1.82) is 0 Å². The predicted molar refractivity (Wildman–Crippen MR) is 67.2 cm³/mol. The van der Waals surface area contributed by atoms with Gasteiger partial charge < -0.3 is 11.1 Å². The molecule has 0 unspecified atom stereocenters. The first-order valence-electron chi connectivity index (χ1n) is 5.90. The summed E-state index contributed by atoms with van der Waals surface area (Å²) in [5, 5.41) is 2.77. The van der Waals surface area contributed by atoms with E-state index >= 15 is 0 Å². The Bertz CT molecular complexity index is 433. The Morgan fingerprint density at radius 3 is 2.11 bits per heavy atom. The van der Waals surface area contributed by atoms with Crippen molar-refractivity contribution in [2.75, 3.05) is 5.73 Å². The van der Waals surface area contributed by atoms with Crippen LogP contribution >= 0.6 is 0 Å². The van der Waals surface area contributed by atoms with Crippen LogP contribution in [0.2, 0.25) is 0 Å². The van der Waals surface area contributed by atoms with Crippen LogP contribution in [0.4, 0.5) is 14.5 Å². The van der Waals surface area contributed by atoms with E-state index in [1.54, 1.807) is 0 Å². The van der Waals surface area contributed by atoms with Crippen LogP contribution in [0.25, 0.3) is 0 Å². The minimum atomic E-state index is -0.921. The van der Waals surface area contributed by atoms with Crippen molar-refractivity contribution in [3.63, 3.8) is 0 Å². The molecular weight excluding hydrogens is 238 g/mol. The van der Waals surface area contributed by atoms with E-state index in [2.05, 4.69) is 5.32 Å². The Balaban J connectivity index is 2.98. The lowest BCUT2D eigenvalue weighted by atomic mass is 9.95. The van der Waals surface area contributed by atoms with Gasteiger partial charge in [-0.1, -0.05) is 13.8 Å². The first-order chi connectivity index (χ1) is 8.33. The molecule has 5 heteroatoms. The van der Waals surface area contributed by atoms with Gasteiger partial charge in [0.1, 0.15) is 17.3 Å². The van der Waals surface area contributed by atoms with E-state index in [1.165, 1.54) is 0 Å².